The van der Waals surface area contributed by atoms with Crippen LogP contribution in [0.5, 0.6) is 0 Å². The standard InChI is InChI=1S/C17H19NO3/c1-18(10-13-2-4-15(12-19)5-3-13)11-14-6-8-16(9-7-14)17(20)21/h2-9,19H,10-12H2,1H3,(H,20,21). The fourth-order valence-corrected chi connectivity index (χ4v) is 2.18. The van der Waals surface area contributed by atoms with Crippen LogP contribution in [0.3, 0.4) is 0 Å². The minimum atomic E-state index is -0.904. The van der Waals surface area contributed by atoms with Crippen molar-refractivity contribution in [3.8, 4) is 0 Å². The Kier molecular flexibility index (Phi) is 5.09. The fraction of sp³-hybridized carbons (Fsp3) is 0.235. The summed E-state index contributed by atoms with van der Waals surface area (Å²) in [5, 5.41) is 17.9. The largest absolute Gasteiger partial charge is 0.478 e. The van der Waals surface area contributed by atoms with Crippen molar-refractivity contribution < 1.29 is 15.0 Å². The molecule has 2 N–H and O–H groups in total. The number of aliphatic hydroxyl groups is 1. The summed E-state index contributed by atoms with van der Waals surface area (Å²) in [5.41, 5.74) is 3.47. The maximum Gasteiger partial charge on any atom is 0.335 e. The highest BCUT2D eigenvalue weighted by Gasteiger charge is 2.05. The molecule has 4 nitrogen and oxygen atoms in total. The minimum absolute atomic E-state index is 0.0616. The molecule has 2 aromatic carbocycles. The molecule has 0 heterocycles. The van der Waals surface area contributed by atoms with Crippen molar-refractivity contribution in [2.45, 2.75) is 19.7 Å². The maximum atomic E-state index is 10.8. The monoisotopic (exact) mass is 285 g/mol. The molecule has 0 spiro atoms. The molecule has 4 heteroatoms. The number of benzene rings is 2. The third kappa shape index (κ3) is 4.41. The zero-order valence-corrected chi connectivity index (χ0v) is 12.0. The Bertz CT molecular complexity index is 590. The van der Waals surface area contributed by atoms with E-state index in [4.69, 9.17) is 10.2 Å². The van der Waals surface area contributed by atoms with Gasteiger partial charge in [-0.05, 0) is 35.9 Å². The number of carboxylic acid groups (broad SMARTS) is 1. The zero-order valence-electron chi connectivity index (χ0n) is 12.0. The lowest BCUT2D eigenvalue weighted by Crippen LogP contribution is -2.17. The van der Waals surface area contributed by atoms with Crippen LogP contribution < -0.4 is 0 Å². The van der Waals surface area contributed by atoms with Gasteiger partial charge in [0.15, 0.2) is 0 Å². The average Bonchev–Trinajstić information content (AvgIpc) is 2.48. The van der Waals surface area contributed by atoms with Gasteiger partial charge in [-0.1, -0.05) is 36.4 Å². The molecule has 0 saturated heterocycles. The second kappa shape index (κ2) is 7.02. The zero-order chi connectivity index (χ0) is 15.2. The Morgan fingerprint density at radius 3 is 1.76 bits per heavy atom. The summed E-state index contributed by atoms with van der Waals surface area (Å²) in [7, 11) is 2.02. The molecule has 0 aliphatic carbocycles. The fourth-order valence-electron chi connectivity index (χ4n) is 2.18. The predicted molar refractivity (Wildman–Crippen MR) is 80.9 cm³/mol. The van der Waals surface area contributed by atoms with E-state index >= 15 is 0 Å². The van der Waals surface area contributed by atoms with Crippen molar-refractivity contribution in [2.75, 3.05) is 7.05 Å². The highest BCUT2D eigenvalue weighted by atomic mass is 16.4. The molecule has 0 aromatic heterocycles. The first kappa shape index (κ1) is 15.2. The highest BCUT2D eigenvalue weighted by molar-refractivity contribution is 5.87. The first-order valence-corrected chi connectivity index (χ1v) is 6.78. The summed E-state index contributed by atoms with van der Waals surface area (Å²) in [6, 6.07) is 14.8. The van der Waals surface area contributed by atoms with Gasteiger partial charge >= 0.3 is 5.97 Å². The van der Waals surface area contributed by atoms with Gasteiger partial charge in [0.25, 0.3) is 0 Å². The molecule has 0 fully saturated rings. The second-order valence-electron chi connectivity index (χ2n) is 5.15. The molecule has 0 amide bonds. The maximum absolute atomic E-state index is 10.8. The van der Waals surface area contributed by atoms with E-state index in [1.165, 1.54) is 5.56 Å². The van der Waals surface area contributed by atoms with Gasteiger partial charge < -0.3 is 10.2 Å². The summed E-state index contributed by atoms with van der Waals surface area (Å²) in [4.78, 5) is 13.0. The molecular weight excluding hydrogens is 266 g/mol. The smallest absolute Gasteiger partial charge is 0.335 e. The van der Waals surface area contributed by atoms with E-state index in [0.717, 1.165) is 24.2 Å². The minimum Gasteiger partial charge on any atom is -0.478 e. The molecule has 0 atom stereocenters. The summed E-state index contributed by atoms with van der Waals surface area (Å²) < 4.78 is 0. The molecule has 2 aromatic rings. The Hall–Kier alpha value is -2.17. The third-order valence-corrected chi connectivity index (χ3v) is 3.31. The topological polar surface area (TPSA) is 60.8 Å². The van der Waals surface area contributed by atoms with E-state index in [0.29, 0.717) is 5.56 Å². The summed E-state index contributed by atoms with van der Waals surface area (Å²) in [6.07, 6.45) is 0. The number of carbonyl (C=O) groups is 1. The van der Waals surface area contributed by atoms with E-state index in [-0.39, 0.29) is 6.61 Å². The van der Waals surface area contributed by atoms with Gasteiger partial charge in [0.2, 0.25) is 0 Å². The van der Waals surface area contributed by atoms with Gasteiger partial charge in [-0.3, -0.25) is 4.90 Å². The molecule has 0 unspecified atom stereocenters. The van der Waals surface area contributed by atoms with Gasteiger partial charge in [0.1, 0.15) is 0 Å². The number of carboxylic acids is 1. The second-order valence-corrected chi connectivity index (χ2v) is 5.15. The van der Waals surface area contributed by atoms with Crippen LogP contribution >= 0.6 is 0 Å². The number of rotatable bonds is 6. The Morgan fingerprint density at radius 1 is 0.905 bits per heavy atom. The van der Waals surface area contributed by atoms with Gasteiger partial charge in [0, 0.05) is 13.1 Å². The van der Waals surface area contributed by atoms with Gasteiger partial charge in [-0.15, -0.1) is 0 Å². The van der Waals surface area contributed by atoms with Gasteiger partial charge in [-0.2, -0.15) is 0 Å². The molecule has 0 radical (unpaired) electrons. The van der Waals surface area contributed by atoms with Gasteiger partial charge in [0.05, 0.1) is 12.2 Å². The van der Waals surface area contributed by atoms with Crippen LogP contribution in [-0.2, 0) is 19.7 Å². The number of nitrogens with zero attached hydrogens (tertiary/aromatic N) is 1. The lowest BCUT2D eigenvalue weighted by Gasteiger charge is -2.17. The van der Waals surface area contributed by atoms with Crippen LogP contribution in [0.25, 0.3) is 0 Å². The Balaban J connectivity index is 1.94. The summed E-state index contributed by atoms with van der Waals surface area (Å²) in [5.74, 6) is -0.904. The average molecular weight is 285 g/mol. The molecule has 0 aliphatic heterocycles. The molecule has 0 saturated carbocycles. The van der Waals surface area contributed by atoms with E-state index in [9.17, 15) is 4.79 Å². The SMILES string of the molecule is CN(Cc1ccc(CO)cc1)Cc1ccc(C(=O)O)cc1. The van der Waals surface area contributed by atoms with Crippen molar-refractivity contribution in [2.24, 2.45) is 0 Å². The van der Waals surface area contributed by atoms with E-state index in [2.05, 4.69) is 4.90 Å². The number of hydrogen-bond donors (Lipinski definition) is 2. The molecule has 0 bridgehead atoms. The number of hydrogen-bond acceptors (Lipinski definition) is 3. The molecule has 21 heavy (non-hydrogen) atoms. The lowest BCUT2D eigenvalue weighted by atomic mass is 10.1. The first-order chi connectivity index (χ1) is 10.1. The van der Waals surface area contributed by atoms with Crippen molar-refractivity contribution in [1.82, 2.24) is 4.90 Å². The quantitative estimate of drug-likeness (QED) is 0.856. The van der Waals surface area contributed by atoms with E-state index in [1.54, 1.807) is 12.1 Å². The van der Waals surface area contributed by atoms with Crippen molar-refractivity contribution >= 4 is 5.97 Å². The molecule has 110 valence electrons. The molecule has 0 aliphatic rings. The van der Waals surface area contributed by atoms with Crippen LogP contribution in [0.2, 0.25) is 0 Å². The van der Waals surface area contributed by atoms with E-state index < -0.39 is 5.97 Å². The van der Waals surface area contributed by atoms with Crippen LogP contribution in [-0.4, -0.2) is 28.1 Å². The van der Waals surface area contributed by atoms with Crippen molar-refractivity contribution in [3.63, 3.8) is 0 Å². The molecule has 2 rings (SSSR count). The van der Waals surface area contributed by atoms with Gasteiger partial charge in [-0.25, -0.2) is 4.79 Å². The Labute approximate surface area is 124 Å². The van der Waals surface area contributed by atoms with Crippen molar-refractivity contribution in [3.05, 3.63) is 70.8 Å². The van der Waals surface area contributed by atoms with Crippen LogP contribution in [0, 0.1) is 0 Å². The van der Waals surface area contributed by atoms with E-state index in [1.807, 2.05) is 43.4 Å². The van der Waals surface area contributed by atoms with Crippen LogP contribution in [0.15, 0.2) is 48.5 Å². The third-order valence-electron chi connectivity index (χ3n) is 3.31. The lowest BCUT2D eigenvalue weighted by molar-refractivity contribution is 0.0697. The number of aromatic carboxylic acids is 1. The predicted octanol–water partition coefficient (Wildman–Crippen LogP) is 2.51. The number of aliphatic hydroxyl groups excluding tert-OH is 1. The van der Waals surface area contributed by atoms with Crippen LogP contribution in [0.4, 0.5) is 0 Å². The summed E-state index contributed by atoms with van der Waals surface area (Å²) >= 11 is 0. The Morgan fingerprint density at radius 2 is 1.33 bits per heavy atom. The van der Waals surface area contributed by atoms with Crippen molar-refractivity contribution in [1.29, 1.82) is 0 Å². The van der Waals surface area contributed by atoms with Crippen LogP contribution in [0.1, 0.15) is 27.0 Å². The normalized spacial score (nSPS) is 10.8. The first-order valence-electron chi connectivity index (χ1n) is 6.78. The summed E-state index contributed by atoms with van der Waals surface area (Å²) in [6.45, 7) is 1.61. The highest BCUT2D eigenvalue weighted by Crippen LogP contribution is 2.11. The molecular formula is C17H19NO3.